The Bertz CT molecular complexity index is 653. The summed E-state index contributed by atoms with van der Waals surface area (Å²) < 4.78 is 0. The van der Waals surface area contributed by atoms with E-state index in [0.29, 0.717) is 17.2 Å². The highest BCUT2D eigenvalue weighted by molar-refractivity contribution is 8.14. The Hall–Kier alpha value is -1.98. The van der Waals surface area contributed by atoms with Gasteiger partial charge in [0.2, 0.25) is 0 Å². The van der Waals surface area contributed by atoms with Gasteiger partial charge in [-0.3, -0.25) is 4.99 Å². The smallest absolute Gasteiger partial charge is 0.161 e. The van der Waals surface area contributed by atoms with Crippen LogP contribution in [0.4, 0.5) is 5.69 Å². The molecule has 21 heavy (non-hydrogen) atoms. The molecule has 2 unspecified atom stereocenters. The summed E-state index contributed by atoms with van der Waals surface area (Å²) in [5.41, 5.74) is 1.64. The highest BCUT2D eigenvalue weighted by atomic mass is 32.2. The van der Waals surface area contributed by atoms with E-state index in [2.05, 4.69) is 11.4 Å². The van der Waals surface area contributed by atoms with Crippen molar-refractivity contribution in [3.63, 3.8) is 0 Å². The number of rotatable bonds is 1. The second-order valence-corrected chi connectivity index (χ2v) is 6.47. The number of hydrogen-bond acceptors (Lipinski definition) is 5. The molecule has 1 saturated carbocycles. The number of amidine groups is 1. The van der Waals surface area contributed by atoms with Crippen molar-refractivity contribution >= 4 is 22.6 Å². The molecule has 1 aromatic carbocycles. The SMILES string of the molecule is N#Cc1ccc(NC2=NC3CCCCC3CS2)cc1C#N. The summed E-state index contributed by atoms with van der Waals surface area (Å²) in [6.07, 6.45) is 5.09. The van der Waals surface area contributed by atoms with Crippen LogP contribution in [0.25, 0.3) is 0 Å². The lowest BCUT2D eigenvalue weighted by Gasteiger charge is -2.32. The van der Waals surface area contributed by atoms with Gasteiger partial charge in [-0.25, -0.2) is 0 Å². The van der Waals surface area contributed by atoms with Crippen molar-refractivity contribution in [2.45, 2.75) is 31.7 Å². The Morgan fingerprint density at radius 2 is 1.95 bits per heavy atom. The zero-order chi connectivity index (χ0) is 14.7. The van der Waals surface area contributed by atoms with Crippen LogP contribution in [0, 0.1) is 28.6 Å². The molecule has 0 amide bonds. The fraction of sp³-hybridized carbons (Fsp3) is 0.438. The molecule has 5 heteroatoms. The molecule has 1 aliphatic carbocycles. The van der Waals surface area contributed by atoms with Crippen molar-refractivity contribution in [2.75, 3.05) is 11.1 Å². The predicted octanol–water partition coefficient (Wildman–Crippen LogP) is 3.50. The largest absolute Gasteiger partial charge is 0.335 e. The first-order valence-electron chi connectivity index (χ1n) is 7.22. The molecule has 0 saturated heterocycles. The first-order valence-corrected chi connectivity index (χ1v) is 8.20. The fourth-order valence-corrected chi connectivity index (χ4v) is 4.09. The normalized spacial score (nSPS) is 24.2. The number of benzene rings is 1. The Labute approximate surface area is 128 Å². The lowest BCUT2D eigenvalue weighted by molar-refractivity contribution is 0.336. The predicted molar refractivity (Wildman–Crippen MR) is 85.1 cm³/mol. The van der Waals surface area contributed by atoms with Crippen molar-refractivity contribution < 1.29 is 0 Å². The summed E-state index contributed by atoms with van der Waals surface area (Å²) in [5, 5.41) is 22.2. The monoisotopic (exact) mass is 296 g/mol. The van der Waals surface area contributed by atoms with Gasteiger partial charge in [-0.2, -0.15) is 10.5 Å². The standard InChI is InChI=1S/C16H16N4S/c17-8-11-5-6-14(7-13(11)9-18)19-16-20-15-4-2-1-3-12(15)10-21-16/h5-7,12,15H,1-4,10H2,(H,19,20). The molecule has 1 aromatic rings. The van der Waals surface area contributed by atoms with E-state index in [4.69, 9.17) is 15.5 Å². The minimum absolute atomic E-state index is 0.402. The molecule has 0 radical (unpaired) electrons. The van der Waals surface area contributed by atoms with Crippen LogP contribution in [0.15, 0.2) is 23.2 Å². The lowest BCUT2D eigenvalue weighted by Crippen LogP contribution is -2.31. The van der Waals surface area contributed by atoms with Crippen molar-refractivity contribution in [1.29, 1.82) is 10.5 Å². The summed E-state index contributed by atoms with van der Waals surface area (Å²) in [5.74, 6) is 1.85. The molecule has 0 spiro atoms. The van der Waals surface area contributed by atoms with Crippen LogP contribution in [0.1, 0.15) is 36.8 Å². The molecule has 1 N–H and O–H groups in total. The Kier molecular flexibility index (Phi) is 4.13. The number of aliphatic imine (C=N–C) groups is 1. The van der Waals surface area contributed by atoms with Crippen molar-refractivity contribution in [3.05, 3.63) is 29.3 Å². The van der Waals surface area contributed by atoms with Crippen LogP contribution in [0.2, 0.25) is 0 Å². The van der Waals surface area contributed by atoms with Gasteiger partial charge in [-0.15, -0.1) is 0 Å². The van der Waals surface area contributed by atoms with Crippen LogP contribution >= 0.6 is 11.8 Å². The van der Waals surface area contributed by atoms with E-state index in [0.717, 1.165) is 22.5 Å². The first kappa shape index (κ1) is 14.0. The van der Waals surface area contributed by atoms with Crippen molar-refractivity contribution in [2.24, 2.45) is 10.9 Å². The molecule has 1 aliphatic heterocycles. The second kappa shape index (κ2) is 6.20. The van der Waals surface area contributed by atoms with Crippen LogP contribution in [0.5, 0.6) is 0 Å². The van der Waals surface area contributed by atoms with Crippen molar-refractivity contribution in [3.8, 4) is 12.1 Å². The van der Waals surface area contributed by atoms with E-state index in [1.807, 2.05) is 12.1 Å². The van der Waals surface area contributed by atoms with Gasteiger partial charge in [-0.1, -0.05) is 24.6 Å². The second-order valence-electron chi connectivity index (χ2n) is 5.47. The summed E-state index contributed by atoms with van der Waals surface area (Å²) >= 11 is 1.76. The van der Waals surface area contributed by atoms with Crippen LogP contribution in [-0.2, 0) is 0 Å². The average Bonchev–Trinajstić information content (AvgIpc) is 2.54. The number of anilines is 1. The quantitative estimate of drug-likeness (QED) is 0.861. The molecule has 4 nitrogen and oxygen atoms in total. The number of nitriles is 2. The van der Waals surface area contributed by atoms with Gasteiger partial charge < -0.3 is 5.32 Å². The maximum atomic E-state index is 9.07. The minimum Gasteiger partial charge on any atom is -0.335 e. The lowest BCUT2D eigenvalue weighted by atomic mass is 9.86. The molecular weight excluding hydrogens is 280 g/mol. The van der Waals surface area contributed by atoms with Gasteiger partial charge in [0, 0.05) is 11.4 Å². The topological polar surface area (TPSA) is 72.0 Å². The molecule has 1 heterocycles. The van der Waals surface area contributed by atoms with E-state index in [1.54, 1.807) is 23.9 Å². The third-order valence-electron chi connectivity index (χ3n) is 4.10. The summed E-state index contributed by atoms with van der Waals surface area (Å²) in [4.78, 5) is 4.82. The maximum Gasteiger partial charge on any atom is 0.161 e. The average molecular weight is 296 g/mol. The highest BCUT2D eigenvalue weighted by Gasteiger charge is 2.29. The highest BCUT2D eigenvalue weighted by Crippen LogP contribution is 2.34. The van der Waals surface area contributed by atoms with E-state index in [-0.39, 0.29) is 0 Å². The van der Waals surface area contributed by atoms with E-state index in [1.165, 1.54) is 25.7 Å². The molecule has 2 atom stereocenters. The van der Waals surface area contributed by atoms with E-state index >= 15 is 0 Å². The van der Waals surface area contributed by atoms with Gasteiger partial charge in [0.25, 0.3) is 0 Å². The molecule has 2 aliphatic rings. The van der Waals surface area contributed by atoms with Gasteiger partial charge in [-0.05, 0) is 37.0 Å². The molecule has 106 valence electrons. The summed E-state index contributed by atoms with van der Waals surface area (Å²) in [7, 11) is 0. The van der Waals surface area contributed by atoms with Gasteiger partial charge in [0.05, 0.1) is 17.2 Å². The third-order valence-corrected chi connectivity index (χ3v) is 5.17. The maximum absolute atomic E-state index is 9.07. The number of fused-ring (bicyclic) bond motifs is 1. The van der Waals surface area contributed by atoms with Gasteiger partial charge in [0.15, 0.2) is 5.17 Å². The van der Waals surface area contributed by atoms with Crippen LogP contribution < -0.4 is 5.32 Å². The fourth-order valence-electron chi connectivity index (χ4n) is 2.93. The van der Waals surface area contributed by atoms with Gasteiger partial charge in [0.1, 0.15) is 12.1 Å². The Morgan fingerprint density at radius 3 is 2.76 bits per heavy atom. The molecule has 3 rings (SSSR count). The number of nitrogens with zero attached hydrogens (tertiary/aromatic N) is 3. The third kappa shape index (κ3) is 3.04. The molecule has 0 bridgehead atoms. The minimum atomic E-state index is 0.402. The first-order chi connectivity index (χ1) is 10.3. The number of thioether (sulfide) groups is 1. The molecule has 0 aromatic heterocycles. The Morgan fingerprint density at radius 1 is 1.14 bits per heavy atom. The summed E-state index contributed by atoms with van der Waals surface area (Å²) in [6.45, 7) is 0. The zero-order valence-corrected chi connectivity index (χ0v) is 12.5. The van der Waals surface area contributed by atoms with Gasteiger partial charge >= 0.3 is 0 Å². The Balaban J connectivity index is 1.77. The van der Waals surface area contributed by atoms with E-state index < -0.39 is 0 Å². The number of nitrogens with one attached hydrogen (secondary N) is 1. The van der Waals surface area contributed by atoms with Crippen LogP contribution in [0.3, 0.4) is 0 Å². The zero-order valence-electron chi connectivity index (χ0n) is 11.7. The molecule has 1 fully saturated rings. The van der Waals surface area contributed by atoms with Crippen molar-refractivity contribution in [1.82, 2.24) is 0 Å². The molecular formula is C16H16N4S. The van der Waals surface area contributed by atoms with E-state index in [9.17, 15) is 0 Å². The van der Waals surface area contributed by atoms with Crippen LogP contribution in [-0.4, -0.2) is 17.0 Å². The summed E-state index contributed by atoms with van der Waals surface area (Å²) in [6, 6.07) is 9.77. The number of hydrogen-bond donors (Lipinski definition) is 1.